The molecule has 144 valence electrons. The van der Waals surface area contributed by atoms with Gasteiger partial charge in [0, 0.05) is 38.5 Å². The van der Waals surface area contributed by atoms with E-state index in [1.165, 1.54) is 11.6 Å². The third-order valence-electron chi connectivity index (χ3n) is 5.88. The van der Waals surface area contributed by atoms with E-state index >= 15 is 0 Å². The molecule has 0 aromatic carbocycles. The zero-order valence-electron chi connectivity index (χ0n) is 15.9. The highest BCUT2D eigenvalue weighted by Crippen LogP contribution is 2.50. The van der Waals surface area contributed by atoms with Crippen LogP contribution in [0.1, 0.15) is 37.7 Å². The number of fused-ring (bicyclic) bond motifs is 1. The van der Waals surface area contributed by atoms with Gasteiger partial charge < -0.3 is 19.9 Å². The Morgan fingerprint density at radius 3 is 3.11 bits per heavy atom. The lowest BCUT2D eigenvalue weighted by Gasteiger charge is -2.38. The van der Waals surface area contributed by atoms with Gasteiger partial charge in [0.05, 0.1) is 5.39 Å². The molecule has 1 amide bonds. The van der Waals surface area contributed by atoms with Crippen LogP contribution in [0.25, 0.3) is 11.0 Å². The minimum absolute atomic E-state index is 0.00967. The molecule has 7 nitrogen and oxygen atoms in total. The number of nitrogens with zero attached hydrogens (tertiary/aromatic N) is 3. The number of nitrogens with one attached hydrogen (secondary N) is 2. The Balaban J connectivity index is 1.56. The summed E-state index contributed by atoms with van der Waals surface area (Å²) in [6, 6.07) is 0.406. The van der Waals surface area contributed by atoms with E-state index in [9.17, 15) is 4.79 Å². The Morgan fingerprint density at radius 2 is 2.33 bits per heavy atom. The summed E-state index contributed by atoms with van der Waals surface area (Å²) in [4.78, 5) is 26.2. The molecule has 3 heterocycles. The second kappa shape index (κ2) is 7.31. The van der Waals surface area contributed by atoms with Crippen molar-refractivity contribution in [3.8, 4) is 0 Å². The van der Waals surface area contributed by atoms with Crippen molar-refractivity contribution in [1.82, 2.24) is 19.9 Å². The van der Waals surface area contributed by atoms with Gasteiger partial charge in [-0.3, -0.25) is 4.79 Å². The number of aromatic amines is 1. The largest absolute Gasteiger partial charge is 0.384 e. The second-order valence-electron chi connectivity index (χ2n) is 7.71. The molecule has 1 saturated heterocycles. The minimum Gasteiger partial charge on any atom is -0.384 e. The zero-order valence-corrected chi connectivity index (χ0v) is 15.9. The highest BCUT2D eigenvalue weighted by molar-refractivity contribution is 5.91. The van der Waals surface area contributed by atoms with Crippen molar-refractivity contribution in [2.75, 3.05) is 25.6 Å². The number of rotatable bonds is 6. The van der Waals surface area contributed by atoms with Gasteiger partial charge in [0.15, 0.2) is 0 Å². The number of hydrogen-bond acceptors (Lipinski definition) is 5. The van der Waals surface area contributed by atoms with Gasteiger partial charge in [0.1, 0.15) is 17.8 Å². The van der Waals surface area contributed by atoms with Gasteiger partial charge in [-0.1, -0.05) is 6.58 Å². The molecule has 2 aromatic rings. The SMILES string of the molecule is C=CC(=O)N1C[C@H](Nc2ncnc3[nH]cc(C4CC4COC)c23)CC[C@@H]1C. The molecular formula is C20H27N5O2. The summed E-state index contributed by atoms with van der Waals surface area (Å²) in [6.45, 7) is 7.16. The van der Waals surface area contributed by atoms with Crippen LogP contribution in [0.15, 0.2) is 25.2 Å². The van der Waals surface area contributed by atoms with Crippen molar-refractivity contribution in [3.63, 3.8) is 0 Å². The fourth-order valence-electron chi connectivity index (χ4n) is 4.26. The molecular weight excluding hydrogens is 342 g/mol. The van der Waals surface area contributed by atoms with Crippen LogP contribution in [0.4, 0.5) is 5.82 Å². The third kappa shape index (κ3) is 3.43. The molecule has 4 atom stereocenters. The Hall–Kier alpha value is -2.41. The minimum atomic E-state index is -0.00967. The van der Waals surface area contributed by atoms with E-state index in [1.807, 2.05) is 4.90 Å². The van der Waals surface area contributed by atoms with Gasteiger partial charge in [0.2, 0.25) is 5.91 Å². The Labute approximate surface area is 159 Å². The van der Waals surface area contributed by atoms with Gasteiger partial charge in [-0.2, -0.15) is 0 Å². The number of amides is 1. The van der Waals surface area contributed by atoms with Crippen LogP contribution in [0.3, 0.4) is 0 Å². The second-order valence-corrected chi connectivity index (χ2v) is 7.71. The van der Waals surface area contributed by atoms with Gasteiger partial charge in [-0.05, 0) is 49.7 Å². The lowest BCUT2D eigenvalue weighted by atomic mass is 9.99. The summed E-state index contributed by atoms with van der Waals surface area (Å²) in [5, 5.41) is 4.65. The molecule has 0 bridgehead atoms. The molecule has 7 heteroatoms. The Bertz CT molecular complexity index is 848. The van der Waals surface area contributed by atoms with Crippen molar-refractivity contribution in [1.29, 1.82) is 0 Å². The number of hydrogen-bond donors (Lipinski definition) is 2. The average Bonchev–Trinajstić information content (AvgIpc) is 3.30. The first kappa shape index (κ1) is 18.0. The predicted molar refractivity (Wildman–Crippen MR) is 105 cm³/mol. The molecule has 2 fully saturated rings. The highest BCUT2D eigenvalue weighted by atomic mass is 16.5. The maximum Gasteiger partial charge on any atom is 0.246 e. The van der Waals surface area contributed by atoms with Gasteiger partial charge >= 0.3 is 0 Å². The van der Waals surface area contributed by atoms with Gasteiger partial charge in [-0.25, -0.2) is 9.97 Å². The topological polar surface area (TPSA) is 83.1 Å². The quantitative estimate of drug-likeness (QED) is 0.765. The van der Waals surface area contributed by atoms with E-state index in [-0.39, 0.29) is 18.0 Å². The van der Waals surface area contributed by atoms with E-state index in [1.54, 1.807) is 13.4 Å². The van der Waals surface area contributed by atoms with Gasteiger partial charge in [-0.15, -0.1) is 0 Å². The average molecular weight is 369 g/mol. The first-order chi connectivity index (χ1) is 13.1. The number of piperidine rings is 1. The molecule has 0 spiro atoms. The van der Waals surface area contributed by atoms with Crippen molar-refractivity contribution >= 4 is 22.8 Å². The lowest BCUT2D eigenvalue weighted by molar-refractivity contribution is -0.129. The van der Waals surface area contributed by atoms with Crippen LogP contribution in [0, 0.1) is 5.92 Å². The normalized spacial score (nSPS) is 27.6. The van der Waals surface area contributed by atoms with Crippen LogP contribution >= 0.6 is 0 Å². The van der Waals surface area contributed by atoms with Crippen molar-refractivity contribution in [3.05, 3.63) is 30.7 Å². The summed E-state index contributed by atoms with van der Waals surface area (Å²) in [5.74, 6) is 1.91. The highest BCUT2D eigenvalue weighted by Gasteiger charge is 2.40. The summed E-state index contributed by atoms with van der Waals surface area (Å²) in [6.07, 6.45) is 8.14. The van der Waals surface area contributed by atoms with Crippen molar-refractivity contribution in [2.45, 2.75) is 44.2 Å². The number of anilines is 1. The summed E-state index contributed by atoms with van der Waals surface area (Å²) >= 11 is 0. The summed E-state index contributed by atoms with van der Waals surface area (Å²) < 4.78 is 5.31. The molecule has 27 heavy (non-hydrogen) atoms. The Kier molecular flexibility index (Phi) is 4.86. The number of aromatic nitrogens is 3. The maximum absolute atomic E-state index is 12.1. The maximum atomic E-state index is 12.1. The molecule has 0 radical (unpaired) electrons. The van der Waals surface area contributed by atoms with E-state index in [4.69, 9.17) is 4.74 Å². The molecule has 1 aliphatic carbocycles. The number of carbonyl (C=O) groups is 1. The van der Waals surface area contributed by atoms with Gasteiger partial charge in [0.25, 0.3) is 0 Å². The Morgan fingerprint density at radius 1 is 1.48 bits per heavy atom. The fraction of sp³-hybridized carbons (Fsp3) is 0.550. The van der Waals surface area contributed by atoms with E-state index in [2.05, 4.69) is 40.0 Å². The zero-order chi connectivity index (χ0) is 19.0. The first-order valence-corrected chi connectivity index (χ1v) is 9.62. The molecule has 1 aliphatic heterocycles. The fourth-order valence-corrected chi connectivity index (χ4v) is 4.26. The van der Waals surface area contributed by atoms with Crippen LogP contribution in [-0.4, -0.2) is 58.1 Å². The number of carbonyl (C=O) groups excluding carboxylic acids is 1. The number of methoxy groups -OCH3 is 1. The van der Waals surface area contributed by atoms with Crippen molar-refractivity contribution in [2.24, 2.45) is 5.92 Å². The standard InChI is InChI=1S/C20H27N5O2/c1-4-17(26)25-9-14(6-5-12(25)2)24-20-18-16(15-7-13(15)10-27-3)8-21-19(18)22-11-23-20/h4,8,11-15H,1,5-7,9-10H2,2-3H3,(H2,21,22,23,24)/t12-,13?,14+,15?/m0/s1. The van der Waals surface area contributed by atoms with E-state index in [0.29, 0.717) is 18.4 Å². The molecule has 1 saturated carbocycles. The summed E-state index contributed by atoms with van der Waals surface area (Å²) in [7, 11) is 1.75. The molecule has 2 N–H and O–H groups in total. The smallest absolute Gasteiger partial charge is 0.246 e. The van der Waals surface area contributed by atoms with Crippen LogP contribution in [0.5, 0.6) is 0 Å². The number of ether oxygens (including phenoxy) is 1. The molecule has 2 unspecified atom stereocenters. The molecule has 4 rings (SSSR count). The van der Waals surface area contributed by atoms with E-state index < -0.39 is 0 Å². The number of likely N-dealkylation sites (tertiary alicyclic amines) is 1. The number of H-pyrrole nitrogens is 1. The van der Waals surface area contributed by atoms with Crippen LogP contribution < -0.4 is 5.32 Å². The molecule has 2 aliphatic rings. The van der Waals surface area contributed by atoms with Crippen molar-refractivity contribution < 1.29 is 9.53 Å². The first-order valence-electron chi connectivity index (χ1n) is 9.62. The monoisotopic (exact) mass is 369 g/mol. The predicted octanol–water partition coefficient (Wildman–Crippen LogP) is 2.69. The third-order valence-corrected chi connectivity index (χ3v) is 5.88. The molecule has 2 aromatic heterocycles. The van der Waals surface area contributed by atoms with E-state index in [0.717, 1.165) is 42.7 Å². The summed E-state index contributed by atoms with van der Waals surface area (Å²) in [5.41, 5.74) is 2.12. The lowest BCUT2D eigenvalue weighted by Crippen LogP contribution is -2.49. The van der Waals surface area contributed by atoms with Crippen LogP contribution in [-0.2, 0) is 9.53 Å². The van der Waals surface area contributed by atoms with Crippen LogP contribution in [0.2, 0.25) is 0 Å².